The average molecular weight is 220 g/mol. The Kier molecular flexibility index (Phi) is 2.58. The lowest BCUT2D eigenvalue weighted by Gasteiger charge is -2.31. The highest BCUT2D eigenvalue weighted by Gasteiger charge is 2.44. The molecule has 2 bridgehead atoms. The van der Waals surface area contributed by atoms with Crippen molar-refractivity contribution in [1.29, 1.82) is 0 Å². The molecule has 16 heavy (non-hydrogen) atoms. The van der Waals surface area contributed by atoms with E-state index < -0.39 is 0 Å². The summed E-state index contributed by atoms with van der Waals surface area (Å²) in [5.41, 5.74) is 1.77. The molecule has 0 saturated heterocycles. The first-order valence-electron chi connectivity index (χ1n) is 6.27. The zero-order valence-electron chi connectivity index (χ0n) is 11.4. The minimum absolute atomic E-state index is 0.0473. The number of rotatable bonds is 1. The number of hydrogen-bond donors (Lipinski definition) is 0. The number of fused-ring (bicyclic) bond motifs is 2. The van der Waals surface area contributed by atoms with Gasteiger partial charge in [-0.2, -0.15) is 0 Å². The Labute approximate surface area is 99.6 Å². The fourth-order valence-corrected chi connectivity index (χ4v) is 2.77. The van der Waals surface area contributed by atoms with Gasteiger partial charge in [-0.3, -0.25) is 0 Å². The molecule has 0 aliphatic heterocycles. The lowest BCUT2D eigenvalue weighted by molar-refractivity contribution is -0.0738. The summed E-state index contributed by atoms with van der Waals surface area (Å²) in [4.78, 5) is 0. The van der Waals surface area contributed by atoms with E-state index in [1.54, 1.807) is 5.57 Å². The third-order valence-electron chi connectivity index (χ3n) is 3.36. The van der Waals surface area contributed by atoms with Crippen molar-refractivity contribution in [2.75, 3.05) is 0 Å². The van der Waals surface area contributed by atoms with Gasteiger partial charge in [0.05, 0.1) is 11.7 Å². The Balaban J connectivity index is 2.15. The van der Waals surface area contributed by atoms with Crippen LogP contribution in [-0.4, -0.2) is 11.7 Å². The lowest BCUT2D eigenvalue weighted by Crippen LogP contribution is -2.32. The molecule has 0 aromatic carbocycles. The van der Waals surface area contributed by atoms with Crippen LogP contribution in [0.15, 0.2) is 23.8 Å². The fourth-order valence-electron chi connectivity index (χ4n) is 2.77. The molecule has 0 amide bonds. The van der Waals surface area contributed by atoms with Crippen molar-refractivity contribution in [2.45, 2.75) is 53.2 Å². The molecule has 2 rings (SSSR count). The number of hydrogen-bond acceptors (Lipinski definition) is 1. The summed E-state index contributed by atoms with van der Waals surface area (Å²) >= 11 is 0. The summed E-state index contributed by atoms with van der Waals surface area (Å²) in [6.07, 6.45) is 7.40. The summed E-state index contributed by atoms with van der Waals surface area (Å²) in [7, 11) is 0. The molecule has 0 spiro atoms. The summed E-state index contributed by atoms with van der Waals surface area (Å²) in [6.45, 7) is 13.3. The minimum atomic E-state index is -0.0473. The van der Waals surface area contributed by atoms with Crippen LogP contribution in [0.25, 0.3) is 0 Å². The molecule has 0 heterocycles. The predicted molar refractivity (Wildman–Crippen MR) is 68.3 cm³/mol. The molecule has 1 nitrogen and oxygen atoms in total. The molecule has 0 N–H and O–H groups in total. The molecule has 0 aromatic heterocycles. The summed E-state index contributed by atoms with van der Waals surface area (Å²) in [5, 5.41) is 0. The first-order chi connectivity index (χ1) is 7.18. The molecule has 3 atom stereocenters. The quantitative estimate of drug-likeness (QED) is 0.608. The molecular formula is C15H24O. The van der Waals surface area contributed by atoms with Gasteiger partial charge in [-0.25, -0.2) is 0 Å². The van der Waals surface area contributed by atoms with Crippen LogP contribution in [0.3, 0.4) is 0 Å². The number of ether oxygens (including phenoxy) is 1. The monoisotopic (exact) mass is 220 g/mol. The summed E-state index contributed by atoms with van der Waals surface area (Å²) in [5.74, 6) is 1.00. The van der Waals surface area contributed by atoms with Crippen LogP contribution in [0, 0.1) is 17.3 Å². The Morgan fingerprint density at radius 3 is 2.06 bits per heavy atom. The Morgan fingerprint density at radius 2 is 1.62 bits per heavy atom. The third-order valence-corrected chi connectivity index (χ3v) is 3.36. The van der Waals surface area contributed by atoms with Crippen molar-refractivity contribution in [2.24, 2.45) is 17.3 Å². The Bertz CT molecular complexity index is 335. The maximum absolute atomic E-state index is 6.20. The van der Waals surface area contributed by atoms with Crippen molar-refractivity contribution >= 4 is 0 Å². The lowest BCUT2D eigenvalue weighted by atomic mass is 9.80. The van der Waals surface area contributed by atoms with E-state index in [1.807, 2.05) is 0 Å². The molecule has 2 unspecified atom stereocenters. The Morgan fingerprint density at radius 1 is 1.00 bits per heavy atom. The van der Waals surface area contributed by atoms with E-state index in [0.717, 1.165) is 0 Å². The van der Waals surface area contributed by atoms with Crippen LogP contribution >= 0.6 is 0 Å². The van der Waals surface area contributed by atoms with Crippen LogP contribution in [-0.2, 0) is 4.74 Å². The molecular weight excluding hydrogens is 196 g/mol. The SMILES string of the molecule is CC(C)(C)O[C@@H]1C2C=CC1C(C(C)(C)C)=C2. The van der Waals surface area contributed by atoms with Gasteiger partial charge in [-0.05, 0) is 26.2 Å². The van der Waals surface area contributed by atoms with Crippen molar-refractivity contribution in [1.82, 2.24) is 0 Å². The van der Waals surface area contributed by atoms with E-state index in [2.05, 4.69) is 59.8 Å². The maximum atomic E-state index is 6.20. The third kappa shape index (κ3) is 2.10. The molecule has 0 fully saturated rings. The average Bonchev–Trinajstić information content (AvgIpc) is 2.58. The molecule has 2 aliphatic carbocycles. The van der Waals surface area contributed by atoms with Gasteiger partial charge in [0.15, 0.2) is 0 Å². The molecule has 0 radical (unpaired) electrons. The standard InChI is InChI=1S/C15H24O/c1-14(2,3)12-9-10-7-8-11(12)13(10)16-15(4,5)6/h7-11,13H,1-6H3/t10?,11?,13-/m1/s1. The molecule has 2 aliphatic rings. The van der Waals surface area contributed by atoms with Crippen molar-refractivity contribution < 1.29 is 4.74 Å². The predicted octanol–water partition coefficient (Wildman–Crippen LogP) is 3.96. The van der Waals surface area contributed by atoms with Gasteiger partial charge in [0, 0.05) is 11.8 Å². The molecule has 90 valence electrons. The zero-order chi connectivity index (χ0) is 12.1. The van der Waals surface area contributed by atoms with E-state index in [9.17, 15) is 0 Å². The minimum Gasteiger partial charge on any atom is -0.371 e. The summed E-state index contributed by atoms with van der Waals surface area (Å²) < 4.78 is 6.20. The van der Waals surface area contributed by atoms with Gasteiger partial charge in [-0.15, -0.1) is 0 Å². The highest BCUT2D eigenvalue weighted by molar-refractivity contribution is 5.37. The van der Waals surface area contributed by atoms with Gasteiger partial charge in [-0.1, -0.05) is 44.6 Å². The second-order valence-corrected chi connectivity index (χ2v) is 7.05. The van der Waals surface area contributed by atoms with Gasteiger partial charge in [0.2, 0.25) is 0 Å². The first-order valence-corrected chi connectivity index (χ1v) is 6.27. The largest absolute Gasteiger partial charge is 0.371 e. The molecule has 1 heteroatoms. The Hall–Kier alpha value is -0.560. The highest BCUT2D eigenvalue weighted by atomic mass is 16.5. The van der Waals surface area contributed by atoms with Crippen LogP contribution in [0.4, 0.5) is 0 Å². The van der Waals surface area contributed by atoms with E-state index >= 15 is 0 Å². The van der Waals surface area contributed by atoms with Crippen LogP contribution in [0.2, 0.25) is 0 Å². The van der Waals surface area contributed by atoms with Crippen LogP contribution in [0.5, 0.6) is 0 Å². The van der Waals surface area contributed by atoms with Gasteiger partial charge in [0.25, 0.3) is 0 Å². The van der Waals surface area contributed by atoms with Gasteiger partial charge in [0.1, 0.15) is 0 Å². The van der Waals surface area contributed by atoms with E-state index in [-0.39, 0.29) is 11.0 Å². The van der Waals surface area contributed by atoms with Crippen LogP contribution < -0.4 is 0 Å². The first kappa shape index (κ1) is 11.9. The highest BCUT2D eigenvalue weighted by Crippen LogP contribution is 2.48. The fraction of sp³-hybridized carbons (Fsp3) is 0.733. The van der Waals surface area contributed by atoms with E-state index in [0.29, 0.717) is 17.9 Å². The zero-order valence-corrected chi connectivity index (χ0v) is 11.4. The van der Waals surface area contributed by atoms with Gasteiger partial charge < -0.3 is 4.74 Å². The van der Waals surface area contributed by atoms with Crippen molar-refractivity contribution in [3.05, 3.63) is 23.8 Å². The van der Waals surface area contributed by atoms with Crippen molar-refractivity contribution in [3.63, 3.8) is 0 Å². The van der Waals surface area contributed by atoms with E-state index in [4.69, 9.17) is 4.74 Å². The normalized spacial score (nSPS) is 33.4. The summed E-state index contributed by atoms with van der Waals surface area (Å²) in [6, 6.07) is 0. The van der Waals surface area contributed by atoms with Crippen molar-refractivity contribution in [3.8, 4) is 0 Å². The second kappa shape index (κ2) is 3.46. The topological polar surface area (TPSA) is 9.23 Å². The van der Waals surface area contributed by atoms with Gasteiger partial charge >= 0.3 is 0 Å². The van der Waals surface area contributed by atoms with Crippen LogP contribution in [0.1, 0.15) is 41.5 Å². The molecule has 0 saturated carbocycles. The second-order valence-electron chi connectivity index (χ2n) is 7.05. The maximum Gasteiger partial charge on any atom is 0.0779 e. The van der Waals surface area contributed by atoms with E-state index in [1.165, 1.54) is 0 Å². The smallest absolute Gasteiger partial charge is 0.0779 e. The molecule has 0 aromatic rings.